The molecule has 28 heavy (non-hydrogen) atoms. The summed E-state index contributed by atoms with van der Waals surface area (Å²) in [6.45, 7) is -0.236. The lowest BCUT2D eigenvalue weighted by molar-refractivity contribution is 0.281. The second kappa shape index (κ2) is 8.07. The van der Waals surface area contributed by atoms with Gasteiger partial charge < -0.3 is 14.4 Å². The fraction of sp³-hybridized carbons (Fsp3) is 0.0455. The molecular formula is C22H15Cl2NO3. The van der Waals surface area contributed by atoms with Gasteiger partial charge in [0.1, 0.15) is 17.2 Å². The highest BCUT2D eigenvalue weighted by atomic mass is 35.5. The first kappa shape index (κ1) is 18.6. The molecule has 4 nitrogen and oxygen atoms in total. The van der Waals surface area contributed by atoms with Crippen molar-refractivity contribution in [3.8, 4) is 34.1 Å². The Morgan fingerprint density at radius 3 is 2.11 bits per heavy atom. The van der Waals surface area contributed by atoms with E-state index in [4.69, 9.17) is 32.5 Å². The number of para-hydroxylation sites is 1. The van der Waals surface area contributed by atoms with Gasteiger partial charge in [0.2, 0.25) is 0 Å². The van der Waals surface area contributed by atoms with Crippen LogP contribution in [0, 0.1) is 0 Å². The van der Waals surface area contributed by atoms with E-state index in [1.807, 2.05) is 54.6 Å². The summed E-state index contributed by atoms with van der Waals surface area (Å²) in [6.07, 6.45) is 0. The van der Waals surface area contributed by atoms with E-state index in [2.05, 4.69) is 5.16 Å². The molecular weight excluding hydrogens is 397 g/mol. The highest BCUT2D eigenvalue weighted by Crippen LogP contribution is 2.35. The fourth-order valence-corrected chi connectivity index (χ4v) is 3.43. The minimum atomic E-state index is -0.236. The van der Waals surface area contributed by atoms with Crippen LogP contribution in [0.25, 0.3) is 22.6 Å². The predicted molar refractivity (Wildman–Crippen MR) is 110 cm³/mol. The Hall–Kier alpha value is -2.79. The minimum absolute atomic E-state index is 0.236. The van der Waals surface area contributed by atoms with Crippen molar-refractivity contribution in [2.24, 2.45) is 0 Å². The summed E-state index contributed by atoms with van der Waals surface area (Å²) in [6, 6.07) is 22.0. The summed E-state index contributed by atoms with van der Waals surface area (Å²) in [5, 5.41) is 15.0. The molecule has 1 heterocycles. The van der Waals surface area contributed by atoms with Crippen LogP contribution in [0.1, 0.15) is 5.56 Å². The Morgan fingerprint density at radius 2 is 1.46 bits per heavy atom. The number of aliphatic hydroxyl groups excluding tert-OH is 1. The van der Waals surface area contributed by atoms with Crippen LogP contribution < -0.4 is 4.74 Å². The molecule has 0 aliphatic carbocycles. The first-order valence-corrected chi connectivity index (χ1v) is 9.29. The molecule has 0 radical (unpaired) electrons. The van der Waals surface area contributed by atoms with Crippen molar-refractivity contribution in [1.82, 2.24) is 5.16 Å². The van der Waals surface area contributed by atoms with Crippen molar-refractivity contribution in [3.05, 3.63) is 88.4 Å². The molecule has 0 bridgehead atoms. The van der Waals surface area contributed by atoms with Crippen LogP contribution in [0.15, 0.2) is 77.3 Å². The maximum absolute atomic E-state index is 9.91. The van der Waals surface area contributed by atoms with Crippen molar-refractivity contribution >= 4 is 23.2 Å². The quantitative estimate of drug-likeness (QED) is 0.401. The van der Waals surface area contributed by atoms with Crippen LogP contribution in [0.5, 0.6) is 11.5 Å². The van der Waals surface area contributed by atoms with Gasteiger partial charge in [0.25, 0.3) is 0 Å². The van der Waals surface area contributed by atoms with Crippen molar-refractivity contribution in [2.75, 3.05) is 0 Å². The summed E-state index contributed by atoms with van der Waals surface area (Å²) in [5.41, 5.74) is 2.58. The van der Waals surface area contributed by atoms with E-state index in [1.54, 1.807) is 18.2 Å². The SMILES string of the molecule is OCc1c(-c2ccc(Oc3ccccc3)cc2)noc1-c1cc(Cl)cc(Cl)c1. The van der Waals surface area contributed by atoms with Gasteiger partial charge in [-0.05, 0) is 54.6 Å². The van der Waals surface area contributed by atoms with Crippen molar-refractivity contribution in [3.63, 3.8) is 0 Å². The Labute approximate surface area is 171 Å². The second-order valence-electron chi connectivity index (χ2n) is 6.09. The highest BCUT2D eigenvalue weighted by Gasteiger charge is 2.19. The monoisotopic (exact) mass is 411 g/mol. The standard InChI is InChI=1S/C22H15Cl2NO3/c23-16-10-15(11-17(24)12-16)22-20(13-26)21(25-28-22)14-6-8-19(9-7-14)27-18-4-2-1-3-5-18/h1-12,26H,13H2. The smallest absolute Gasteiger partial charge is 0.173 e. The van der Waals surface area contributed by atoms with E-state index >= 15 is 0 Å². The van der Waals surface area contributed by atoms with E-state index in [9.17, 15) is 5.11 Å². The number of aliphatic hydroxyl groups is 1. The molecule has 0 amide bonds. The van der Waals surface area contributed by atoms with Crippen LogP contribution in [0.3, 0.4) is 0 Å². The molecule has 0 unspecified atom stereocenters. The molecule has 1 N–H and O–H groups in total. The first-order chi connectivity index (χ1) is 13.6. The molecule has 0 saturated heterocycles. The molecule has 4 aromatic rings. The number of benzene rings is 3. The zero-order chi connectivity index (χ0) is 19.5. The van der Waals surface area contributed by atoms with E-state index in [-0.39, 0.29) is 6.61 Å². The lowest BCUT2D eigenvalue weighted by atomic mass is 10.0. The molecule has 140 valence electrons. The number of nitrogens with zero attached hydrogens (tertiary/aromatic N) is 1. The molecule has 0 fully saturated rings. The summed E-state index contributed by atoms with van der Waals surface area (Å²) >= 11 is 12.2. The Balaban J connectivity index is 1.65. The Kier molecular flexibility index (Phi) is 5.35. The van der Waals surface area contributed by atoms with Gasteiger partial charge in [0, 0.05) is 21.2 Å². The third kappa shape index (κ3) is 3.90. The van der Waals surface area contributed by atoms with Gasteiger partial charge >= 0.3 is 0 Å². The van der Waals surface area contributed by atoms with E-state index < -0.39 is 0 Å². The number of hydrogen-bond donors (Lipinski definition) is 1. The predicted octanol–water partition coefficient (Wildman–Crippen LogP) is 6.60. The van der Waals surface area contributed by atoms with Crippen LogP contribution in [-0.4, -0.2) is 10.3 Å². The third-order valence-electron chi connectivity index (χ3n) is 4.18. The van der Waals surface area contributed by atoms with Crippen LogP contribution in [-0.2, 0) is 6.61 Å². The minimum Gasteiger partial charge on any atom is -0.457 e. The molecule has 0 aliphatic heterocycles. The lowest BCUT2D eigenvalue weighted by Crippen LogP contribution is -1.90. The number of ether oxygens (including phenoxy) is 1. The number of rotatable bonds is 5. The number of aromatic nitrogens is 1. The number of hydrogen-bond acceptors (Lipinski definition) is 4. The van der Waals surface area contributed by atoms with E-state index in [0.29, 0.717) is 38.4 Å². The summed E-state index contributed by atoms with van der Waals surface area (Å²) < 4.78 is 11.3. The summed E-state index contributed by atoms with van der Waals surface area (Å²) in [4.78, 5) is 0. The topological polar surface area (TPSA) is 55.5 Å². The Morgan fingerprint density at radius 1 is 0.821 bits per heavy atom. The van der Waals surface area contributed by atoms with Crippen LogP contribution >= 0.6 is 23.2 Å². The third-order valence-corrected chi connectivity index (χ3v) is 4.61. The van der Waals surface area contributed by atoms with Gasteiger partial charge in [-0.1, -0.05) is 46.6 Å². The maximum atomic E-state index is 9.91. The summed E-state index contributed by atoms with van der Waals surface area (Å²) in [5.74, 6) is 1.89. The second-order valence-corrected chi connectivity index (χ2v) is 6.97. The highest BCUT2D eigenvalue weighted by molar-refractivity contribution is 6.35. The van der Waals surface area contributed by atoms with Gasteiger partial charge in [-0.15, -0.1) is 0 Å². The van der Waals surface area contributed by atoms with Crippen LogP contribution in [0.4, 0.5) is 0 Å². The molecule has 0 saturated carbocycles. The summed E-state index contributed by atoms with van der Waals surface area (Å²) in [7, 11) is 0. The maximum Gasteiger partial charge on any atom is 0.173 e. The molecule has 4 rings (SSSR count). The van der Waals surface area contributed by atoms with Gasteiger partial charge in [0.15, 0.2) is 5.76 Å². The molecule has 0 spiro atoms. The van der Waals surface area contributed by atoms with Crippen molar-refractivity contribution < 1.29 is 14.4 Å². The molecule has 0 atom stereocenters. The Bertz CT molecular complexity index is 1070. The molecule has 3 aromatic carbocycles. The van der Waals surface area contributed by atoms with E-state index in [0.717, 1.165) is 11.3 Å². The zero-order valence-electron chi connectivity index (χ0n) is 14.6. The lowest BCUT2D eigenvalue weighted by Gasteiger charge is -2.06. The number of halogens is 2. The largest absolute Gasteiger partial charge is 0.457 e. The molecule has 6 heteroatoms. The van der Waals surface area contributed by atoms with Gasteiger partial charge in [-0.2, -0.15) is 0 Å². The van der Waals surface area contributed by atoms with Gasteiger partial charge in [0.05, 0.1) is 12.2 Å². The average molecular weight is 412 g/mol. The van der Waals surface area contributed by atoms with Crippen molar-refractivity contribution in [1.29, 1.82) is 0 Å². The molecule has 0 aliphatic rings. The van der Waals surface area contributed by atoms with Gasteiger partial charge in [-0.3, -0.25) is 0 Å². The van der Waals surface area contributed by atoms with Crippen LogP contribution in [0.2, 0.25) is 10.0 Å². The van der Waals surface area contributed by atoms with E-state index in [1.165, 1.54) is 0 Å². The first-order valence-electron chi connectivity index (χ1n) is 8.53. The normalized spacial score (nSPS) is 10.8. The average Bonchev–Trinajstić information content (AvgIpc) is 3.13. The fourth-order valence-electron chi connectivity index (χ4n) is 2.90. The van der Waals surface area contributed by atoms with Crippen molar-refractivity contribution in [2.45, 2.75) is 6.61 Å². The van der Waals surface area contributed by atoms with Gasteiger partial charge in [-0.25, -0.2) is 0 Å². The molecule has 1 aromatic heterocycles. The zero-order valence-corrected chi connectivity index (χ0v) is 16.1.